The largest absolute Gasteiger partial charge is 0.463 e. The number of hydrogen-bond acceptors (Lipinski definition) is 3. The number of carbonyl (C=O) groups is 1. The Labute approximate surface area is 108 Å². The lowest BCUT2D eigenvalue weighted by Gasteiger charge is -2.04. The number of halogens is 2. The van der Waals surface area contributed by atoms with Gasteiger partial charge < -0.3 is 9.72 Å². The van der Waals surface area contributed by atoms with E-state index in [1.54, 1.807) is 6.92 Å². The number of methoxy groups -OCH3 is 1. The highest BCUT2D eigenvalue weighted by molar-refractivity contribution is 6.33. The van der Waals surface area contributed by atoms with Gasteiger partial charge in [0, 0.05) is 5.56 Å². The molecular formula is C12H10ClFN2O2. The van der Waals surface area contributed by atoms with Crippen LogP contribution >= 0.6 is 11.6 Å². The zero-order chi connectivity index (χ0) is 13.3. The number of carbonyl (C=O) groups excluding carboxylic acids is 1. The zero-order valence-electron chi connectivity index (χ0n) is 9.75. The van der Waals surface area contributed by atoms with Crippen molar-refractivity contribution in [3.8, 4) is 11.3 Å². The molecule has 2 aromatic rings. The number of rotatable bonds is 2. The van der Waals surface area contributed by atoms with Crippen LogP contribution in [0.25, 0.3) is 11.3 Å². The minimum Gasteiger partial charge on any atom is -0.463 e. The maximum Gasteiger partial charge on any atom is 0.374 e. The maximum atomic E-state index is 13.5. The highest BCUT2D eigenvalue weighted by atomic mass is 35.5. The molecule has 0 aliphatic carbocycles. The molecule has 4 nitrogen and oxygen atoms in total. The van der Waals surface area contributed by atoms with Crippen molar-refractivity contribution in [3.05, 3.63) is 40.6 Å². The Balaban J connectivity index is 2.46. The van der Waals surface area contributed by atoms with Crippen molar-refractivity contribution in [1.29, 1.82) is 0 Å². The summed E-state index contributed by atoms with van der Waals surface area (Å²) in [6.45, 7) is 1.62. The van der Waals surface area contributed by atoms with Gasteiger partial charge in [0.1, 0.15) is 5.82 Å². The SMILES string of the molecule is COC(=O)c1ncc(-c2cc(F)c(C)cc2Cl)[nH]1. The summed E-state index contributed by atoms with van der Waals surface area (Å²) >= 11 is 6.03. The van der Waals surface area contributed by atoms with Gasteiger partial charge in [0.2, 0.25) is 5.82 Å². The predicted molar refractivity (Wildman–Crippen MR) is 65.1 cm³/mol. The summed E-state index contributed by atoms with van der Waals surface area (Å²) in [7, 11) is 1.25. The first-order chi connectivity index (χ1) is 8.52. The number of hydrogen-bond donors (Lipinski definition) is 1. The Morgan fingerprint density at radius 1 is 1.50 bits per heavy atom. The van der Waals surface area contributed by atoms with Crippen LogP contribution in [0.2, 0.25) is 5.02 Å². The average molecular weight is 269 g/mol. The molecule has 1 N–H and O–H groups in total. The van der Waals surface area contributed by atoms with Crippen LogP contribution in [0.1, 0.15) is 16.2 Å². The molecule has 0 unspecified atom stereocenters. The molecule has 0 amide bonds. The van der Waals surface area contributed by atoms with Gasteiger partial charge >= 0.3 is 5.97 Å². The number of nitrogens with one attached hydrogen (secondary N) is 1. The van der Waals surface area contributed by atoms with Crippen LogP contribution in [0, 0.1) is 12.7 Å². The van der Waals surface area contributed by atoms with Crippen molar-refractivity contribution < 1.29 is 13.9 Å². The predicted octanol–water partition coefficient (Wildman–Crippen LogP) is 2.96. The van der Waals surface area contributed by atoms with Crippen LogP contribution in [-0.4, -0.2) is 23.0 Å². The molecule has 1 heterocycles. The molecule has 1 aromatic heterocycles. The van der Waals surface area contributed by atoms with Gasteiger partial charge in [-0.3, -0.25) is 0 Å². The van der Waals surface area contributed by atoms with Crippen LogP contribution in [0.15, 0.2) is 18.3 Å². The summed E-state index contributed by atoms with van der Waals surface area (Å²) in [5, 5.41) is 0.383. The van der Waals surface area contributed by atoms with E-state index in [0.717, 1.165) is 0 Å². The molecule has 0 saturated carbocycles. The Kier molecular flexibility index (Phi) is 3.34. The summed E-state index contributed by atoms with van der Waals surface area (Å²) < 4.78 is 18.0. The minimum absolute atomic E-state index is 0.0459. The van der Waals surface area contributed by atoms with Crippen LogP contribution in [0.4, 0.5) is 4.39 Å². The van der Waals surface area contributed by atoms with E-state index < -0.39 is 5.97 Å². The van der Waals surface area contributed by atoms with E-state index >= 15 is 0 Å². The molecule has 0 aliphatic heterocycles. The Morgan fingerprint density at radius 2 is 2.22 bits per heavy atom. The molecule has 0 bridgehead atoms. The quantitative estimate of drug-likeness (QED) is 0.852. The molecule has 2 rings (SSSR count). The van der Waals surface area contributed by atoms with E-state index in [9.17, 15) is 9.18 Å². The molecule has 0 saturated heterocycles. The third-order valence-electron chi connectivity index (χ3n) is 2.49. The second kappa shape index (κ2) is 4.78. The molecule has 0 aliphatic rings. The van der Waals surface area contributed by atoms with E-state index in [1.807, 2.05) is 0 Å². The Bertz CT molecular complexity index is 610. The van der Waals surface area contributed by atoms with Crippen LogP contribution in [0.5, 0.6) is 0 Å². The molecule has 0 atom stereocenters. The minimum atomic E-state index is -0.593. The van der Waals surface area contributed by atoms with Crippen LogP contribution in [0.3, 0.4) is 0 Å². The molecular weight excluding hydrogens is 259 g/mol. The second-order valence-electron chi connectivity index (χ2n) is 3.72. The van der Waals surface area contributed by atoms with Gasteiger partial charge in [0.05, 0.1) is 24.0 Å². The number of ether oxygens (including phenoxy) is 1. The topological polar surface area (TPSA) is 55.0 Å². The molecule has 0 spiro atoms. The summed E-state index contributed by atoms with van der Waals surface area (Å²) in [4.78, 5) is 17.8. The summed E-state index contributed by atoms with van der Waals surface area (Å²) in [6.07, 6.45) is 1.40. The number of esters is 1. The molecule has 6 heteroatoms. The Hall–Kier alpha value is -1.88. The van der Waals surface area contributed by atoms with E-state index in [2.05, 4.69) is 14.7 Å². The average Bonchev–Trinajstić information content (AvgIpc) is 2.82. The zero-order valence-corrected chi connectivity index (χ0v) is 10.5. The molecule has 0 fully saturated rings. The number of aromatic amines is 1. The van der Waals surface area contributed by atoms with Crippen molar-refractivity contribution >= 4 is 17.6 Å². The van der Waals surface area contributed by atoms with Gasteiger partial charge in [-0.15, -0.1) is 0 Å². The van der Waals surface area contributed by atoms with Gasteiger partial charge in [0.15, 0.2) is 0 Å². The van der Waals surface area contributed by atoms with E-state index in [4.69, 9.17) is 11.6 Å². The fourth-order valence-corrected chi connectivity index (χ4v) is 1.83. The smallest absolute Gasteiger partial charge is 0.374 e. The number of benzene rings is 1. The van der Waals surface area contributed by atoms with Gasteiger partial charge in [-0.2, -0.15) is 0 Å². The first-order valence-corrected chi connectivity index (χ1v) is 5.50. The maximum absolute atomic E-state index is 13.5. The summed E-state index contributed by atoms with van der Waals surface area (Å²) in [6, 6.07) is 2.82. The normalized spacial score (nSPS) is 10.4. The van der Waals surface area contributed by atoms with Crippen molar-refractivity contribution in [2.75, 3.05) is 7.11 Å². The lowest BCUT2D eigenvalue weighted by Crippen LogP contribution is -2.03. The number of nitrogens with zero attached hydrogens (tertiary/aromatic N) is 1. The fraction of sp³-hybridized carbons (Fsp3) is 0.167. The first-order valence-electron chi connectivity index (χ1n) is 5.12. The standard InChI is InChI=1S/C12H10ClFN2O2/c1-6-3-8(13)7(4-9(6)14)10-5-15-11(16-10)12(17)18-2/h3-5H,1-2H3,(H,15,16). The van der Waals surface area contributed by atoms with Gasteiger partial charge in [-0.05, 0) is 24.6 Å². The fourth-order valence-electron chi connectivity index (χ4n) is 1.51. The number of H-pyrrole nitrogens is 1. The van der Waals surface area contributed by atoms with Crippen LogP contribution in [-0.2, 0) is 4.74 Å². The molecule has 18 heavy (non-hydrogen) atoms. The van der Waals surface area contributed by atoms with E-state index in [-0.39, 0.29) is 11.6 Å². The highest BCUT2D eigenvalue weighted by Crippen LogP contribution is 2.29. The van der Waals surface area contributed by atoms with E-state index in [0.29, 0.717) is 21.8 Å². The number of imidazole rings is 1. The summed E-state index contributed by atoms with van der Waals surface area (Å²) in [5.41, 5.74) is 1.36. The van der Waals surface area contributed by atoms with Crippen molar-refractivity contribution in [2.24, 2.45) is 0 Å². The second-order valence-corrected chi connectivity index (χ2v) is 4.13. The van der Waals surface area contributed by atoms with Crippen molar-refractivity contribution in [3.63, 3.8) is 0 Å². The molecule has 0 radical (unpaired) electrons. The van der Waals surface area contributed by atoms with Gasteiger partial charge in [-0.1, -0.05) is 11.6 Å². The Morgan fingerprint density at radius 3 is 2.89 bits per heavy atom. The van der Waals surface area contributed by atoms with Crippen LogP contribution < -0.4 is 0 Å². The van der Waals surface area contributed by atoms with Gasteiger partial charge in [0.25, 0.3) is 0 Å². The monoisotopic (exact) mass is 268 g/mol. The molecule has 1 aromatic carbocycles. The lowest BCUT2D eigenvalue weighted by atomic mass is 10.1. The number of aromatic nitrogens is 2. The summed E-state index contributed by atoms with van der Waals surface area (Å²) in [5.74, 6) is -0.918. The van der Waals surface area contributed by atoms with Gasteiger partial charge in [-0.25, -0.2) is 14.2 Å². The number of aryl methyl sites for hydroxylation is 1. The highest BCUT2D eigenvalue weighted by Gasteiger charge is 2.14. The lowest BCUT2D eigenvalue weighted by molar-refractivity contribution is 0.0588. The third-order valence-corrected chi connectivity index (χ3v) is 2.81. The van der Waals surface area contributed by atoms with E-state index in [1.165, 1.54) is 25.4 Å². The molecule has 94 valence electrons. The van der Waals surface area contributed by atoms with Crippen molar-refractivity contribution in [2.45, 2.75) is 6.92 Å². The third kappa shape index (κ3) is 2.22. The van der Waals surface area contributed by atoms with Crippen molar-refractivity contribution in [1.82, 2.24) is 9.97 Å². The first kappa shape index (κ1) is 12.6.